The van der Waals surface area contributed by atoms with Crippen LogP contribution in [0.25, 0.3) is 0 Å². The van der Waals surface area contributed by atoms with Gasteiger partial charge in [0.2, 0.25) is 0 Å². The molecule has 0 heterocycles. The topological polar surface area (TPSA) is 34.1 Å². The van der Waals surface area contributed by atoms with Crippen LogP contribution in [0, 0.1) is 0 Å². The van der Waals surface area contributed by atoms with Gasteiger partial charge in [0.15, 0.2) is 0 Å². The Labute approximate surface area is 85.0 Å². The van der Waals surface area contributed by atoms with E-state index in [9.17, 15) is 21.6 Å². The summed E-state index contributed by atoms with van der Waals surface area (Å²) in [5.74, 6) is 0. The normalized spacial score (nSPS) is 17.1. The van der Waals surface area contributed by atoms with Crippen LogP contribution in [0.4, 0.5) is 13.2 Å². The van der Waals surface area contributed by atoms with Crippen LogP contribution in [-0.2, 0) is 9.84 Å². The molecular formula is C9H7F3O2S. The fraction of sp³-hybridized carbons (Fsp3) is 0.222. The van der Waals surface area contributed by atoms with E-state index in [1.165, 1.54) is 6.08 Å². The maximum absolute atomic E-state index is 12.1. The molecule has 0 aromatic rings. The number of hydrogen-bond donors (Lipinski definition) is 0. The van der Waals surface area contributed by atoms with Crippen molar-refractivity contribution in [3.63, 3.8) is 0 Å². The number of sulfone groups is 1. The fourth-order valence-electron chi connectivity index (χ4n) is 0.879. The van der Waals surface area contributed by atoms with Crippen LogP contribution in [0.3, 0.4) is 0 Å². The second-order valence-electron chi connectivity index (χ2n) is 2.85. The summed E-state index contributed by atoms with van der Waals surface area (Å²) in [7, 11) is -5.26. The van der Waals surface area contributed by atoms with Crippen molar-refractivity contribution in [2.24, 2.45) is 0 Å². The highest BCUT2D eigenvalue weighted by Gasteiger charge is 2.47. The maximum atomic E-state index is 12.1. The van der Waals surface area contributed by atoms with Gasteiger partial charge in [0.25, 0.3) is 9.84 Å². The second-order valence-corrected chi connectivity index (χ2v) is 4.79. The molecule has 0 aromatic carbocycles. The standard InChI is InChI=1S/C9H7F3O2S/c1-7-3-2-4-8(6-5-7)15(13,14)9(10,11)12/h2,4-6H,1H3. The van der Waals surface area contributed by atoms with Crippen LogP contribution >= 0.6 is 0 Å². The average molecular weight is 236 g/mol. The smallest absolute Gasteiger partial charge is 0.214 e. The van der Waals surface area contributed by atoms with Gasteiger partial charge in [-0.25, -0.2) is 8.42 Å². The van der Waals surface area contributed by atoms with Crippen LogP contribution < -0.4 is 0 Å². The lowest BCUT2D eigenvalue weighted by Gasteiger charge is -2.07. The summed E-state index contributed by atoms with van der Waals surface area (Å²) in [5.41, 5.74) is -2.12. The van der Waals surface area contributed by atoms with Gasteiger partial charge in [-0.3, -0.25) is 0 Å². The van der Waals surface area contributed by atoms with Crippen LogP contribution in [-0.4, -0.2) is 13.9 Å². The van der Waals surface area contributed by atoms with Crippen LogP contribution in [0.1, 0.15) is 6.92 Å². The van der Waals surface area contributed by atoms with E-state index in [0.717, 1.165) is 18.2 Å². The van der Waals surface area contributed by atoms with Crippen molar-refractivity contribution in [3.8, 4) is 0 Å². The highest BCUT2D eigenvalue weighted by Crippen LogP contribution is 2.30. The van der Waals surface area contributed by atoms with Crippen molar-refractivity contribution < 1.29 is 21.6 Å². The molecule has 1 aliphatic rings. The van der Waals surface area contributed by atoms with Gasteiger partial charge in [-0.15, -0.1) is 5.73 Å². The predicted octanol–water partition coefficient (Wildman–Crippen LogP) is 2.48. The van der Waals surface area contributed by atoms with Crippen LogP contribution in [0.2, 0.25) is 0 Å². The molecule has 0 spiro atoms. The number of halogens is 3. The summed E-state index contributed by atoms with van der Waals surface area (Å²) >= 11 is 0. The van der Waals surface area contributed by atoms with E-state index in [4.69, 9.17) is 0 Å². The van der Waals surface area contributed by atoms with E-state index in [0.29, 0.717) is 5.57 Å². The number of allylic oxidation sites excluding steroid dienone is 4. The molecule has 0 saturated heterocycles. The average Bonchev–Trinajstić information content (AvgIpc) is 2.27. The summed E-state index contributed by atoms with van der Waals surface area (Å²) < 4.78 is 58.4. The second kappa shape index (κ2) is 3.72. The summed E-state index contributed by atoms with van der Waals surface area (Å²) in [6, 6.07) is 0. The molecule has 0 atom stereocenters. The molecule has 1 aliphatic carbocycles. The molecule has 0 N–H and O–H groups in total. The van der Waals surface area contributed by atoms with Gasteiger partial charge in [0, 0.05) is 0 Å². The molecule has 0 bridgehead atoms. The molecule has 0 radical (unpaired) electrons. The molecule has 1 rings (SSSR count). The van der Waals surface area contributed by atoms with E-state index >= 15 is 0 Å². The molecule has 0 aromatic heterocycles. The highest BCUT2D eigenvalue weighted by atomic mass is 32.2. The van der Waals surface area contributed by atoms with Gasteiger partial charge in [-0.05, 0) is 30.7 Å². The monoisotopic (exact) mass is 236 g/mol. The first-order valence-electron chi connectivity index (χ1n) is 3.88. The van der Waals surface area contributed by atoms with Gasteiger partial charge in [0.05, 0.1) is 4.91 Å². The molecule has 0 fully saturated rings. The minimum Gasteiger partial charge on any atom is -0.214 e. The molecule has 82 valence electrons. The summed E-state index contributed by atoms with van der Waals surface area (Å²) in [4.78, 5) is -0.778. The first-order valence-corrected chi connectivity index (χ1v) is 5.36. The number of alkyl halides is 3. The predicted molar refractivity (Wildman–Crippen MR) is 49.5 cm³/mol. The molecule has 0 aliphatic heterocycles. The zero-order valence-electron chi connectivity index (χ0n) is 7.67. The molecular weight excluding hydrogens is 229 g/mol. The van der Waals surface area contributed by atoms with E-state index in [1.54, 1.807) is 6.92 Å². The molecule has 2 nitrogen and oxygen atoms in total. The Kier molecular flexibility index (Phi) is 2.93. The Bertz CT molecular complexity index is 486. The third-order valence-electron chi connectivity index (χ3n) is 1.67. The van der Waals surface area contributed by atoms with Gasteiger partial charge in [0.1, 0.15) is 0 Å². The fourth-order valence-corrected chi connectivity index (χ4v) is 1.64. The number of rotatable bonds is 1. The molecule has 15 heavy (non-hydrogen) atoms. The molecule has 0 amide bonds. The van der Waals surface area contributed by atoms with E-state index in [1.807, 2.05) is 0 Å². The third-order valence-corrected chi connectivity index (χ3v) is 3.17. The lowest BCUT2D eigenvalue weighted by Crippen LogP contribution is -2.24. The van der Waals surface area contributed by atoms with Crippen LogP contribution in [0.15, 0.2) is 40.5 Å². The van der Waals surface area contributed by atoms with Gasteiger partial charge >= 0.3 is 5.51 Å². The van der Waals surface area contributed by atoms with Gasteiger partial charge in [-0.1, -0.05) is 6.08 Å². The Morgan fingerprint density at radius 2 is 1.87 bits per heavy atom. The number of hydrogen-bond acceptors (Lipinski definition) is 2. The largest absolute Gasteiger partial charge is 0.501 e. The molecule has 6 heteroatoms. The summed E-state index contributed by atoms with van der Waals surface area (Å²) in [5, 5.41) is 0. The molecule has 0 saturated carbocycles. The lowest BCUT2D eigenvalue weighted by molar-refractivity contribution is -0.0425. The van der Waals surface area contributed by atoms with Gasteiger partial charge < -0.3 is 0 Å². The SMILES string of the molecule is CC1=C=CC=C(S(=O)(=O)C(F)(F)F)C=C1. The first-order chi connectivity index (χ1) is 6.75. The van der Waals surface area contributed by atoms with E-state index in [-0.39, 0.29) is 0 Å². The lowest BCUT2D eigenvalue weighted by atomic mass is 10.3. The Balaban J connectivity index is 3.21. The van der Waals surface area contributed by atoms with Crippen molar-refractivity contribution in [2.45, 2.75) is 12.4 Å². The van der Waals surface area contributed by atoms with Crippen molar-refractivity contribution in [3.05, 3.63) is 40.5 Å². The van der Waals surface area contributed by atoms with Crippen LogP contribution in [0.5, 0.6) is 0 Å². The van der Waals surface area contributed by atoms with Gasteiger partial charge in [-0.2, -0.15) is 13.2 Å². The Hall–Kier alpha value is -1.26. The zero-order valence-corrected chi connectivity index (χ0v) is 8.48. The minimum atomic E-state index is -5.27. The van der Waals surface area contributed by atoms with Crippen molar-refractivity contribution in [2.75, 3.05) is 0 Å². The minimum absolute atomic E-state index is 0.554. The van der Waals surface area contributed by atoms with Crippen molar-refractivity contribution >= 4 is 9.84 Å². The Morgan fingerprint density at radius 1 is 1.27 bits per heavy atom. The summed E-state index contributed by atoms with van der Waals surface area (Å²) in [6.07, 6.45) is 4.19. The molecule has 0 unspecified atom stereocenters. The van der Waals surface area contributed by atoms with Crippen molar-refractivity contribution in [1.29, 1.82) is 0 Å². The maximum Gasteiger partial charge on any atom is 0.501 e. The highest BCUT2D eigenvalue weighted by molar-refractivity contribution is 7.96. The zero-order chi connectivity index (χ0) is 11.7. The summed E-state index contributed by atoms with van der Waals surface area (Å²) in [6.45, 7) is 1.60. The van der Waals surface area contributed by atoms with E-state index < -0.39 is 20.3 Å². The Morgan fingerprint density at radius 3 is 2.40 bits per heavy atom. The first kappa shape index (κ1) is 11.8. The van der Waals surface area contributed by atoms with Crippen molar-refractivity contribution in [1.82, 2.24) is 0 Å². The quantitative estimate of drug-likeness (QED) is 0.655. The van der Waals surface area contributed by atoms with E-state index in [2.05, 4.69) is 5.73 Å². The third kappa shape index (κ3) is 2.40.